The zero-order valence-corrected chi connectivity index (χ0v) is 17.3. The predicted octanol–water partition coefficient (Wildman–Crippen LogP) is 2.08. The van der Waals surface area contributed by atoms with E-state index in [1.54, 1.807) is 43.0 Å². The van der Waals surface area contributed by atoms with Crippen molar-refractivity contribution < 1.29 is 23.9 Å². The number of hydrogen-bond acceptors (Lipinski definition) is 5. The average Bonchev–Trinajstić information content (AvgIpc) is 3.36. The molecule has 1 atom stereocenters. The Morgan fingerprint density at radius 1 is 1.17 bits per heavy atom. The molecule has 1 saturated carbocycles. The minimum absolute atomic E-state index is 0.0158. The Morgan fingerprint density at radius 2 is 1.87 bits per heavy atom. The molecule has 2 heterocycles. The molecule has 30 heavy (non-hydrogen) atoms. The third kappa shape index (κ3) is 3.55. The number of carbonyl (C=O) groups is 4. The van der Waals surface area contributed by atoms with Crippen LogP contribution >= 0.6 is 0 Å². The maximum Gasteiger partial charge on any atom is 0.311 e. The lowest BCUT2D eigenvalue weighted by Crippen LogP contribution is -2.59. The number of esters is 1. The zero-order valence-electron chi connectivity index (χ0n) is 17.3. The lowest BCUT2D eigenvalue weighted by atomic mass is 9.96. The van der Waals surface area contributed by atoms with Crippen LogP contribution in [0, 0.1) is 5.92 Å². The smallest absolute Gasteiger partial charge is 0.311 e. The second-order valence-corrected chi connectivity index (χ2v) is 8.75. The summed E-state index contributed by atoms with van der Waals surface area (Å²) in [6, 6.07) is 7.23. The molecule has 0 bridgehead atoms. The molecule has 8 heteroatoms. The van der Waals surface area contributed by atoms with Gasteiger partial charge >= 0.3 is 5.97 Å². The molecule has 0 spiro atoms. The van der Waals surface area contributed by atoms with E-state index in [2.05, 4.69) is 5.32 Å². The molecule has 1 saturated heterocycles. The van der Waals surface area contributed by atoms with Crippen LogP contribution in [-0.4, -0.2) is 53.3 Å². The fourth-order valence-corrected chi connectivity index (χ4v) is 4.67. The first-order valence-corrected chi connectivity index (χ1v) is 10.5. The fraction of sp³-hybridized carbons (Fsp3) is 0.545. The summed E-state index contributed by atoms with van der Waals surface area (Å²) in [4.78, 5) is 53.5. The van der Waals surface area contributed by atoms with Crippen molar-refractivity contribution in [3.8, 4) is 0 Å². The third-order valence-electron chi connectivity index (χ3n) is 6.35. The minimum atomic E-state index is -1.12. The highest BCUT2D eigenvalue weighted by Crippen LogP contribution is 2.37. The van der Waals surface area contributed by atoms with Crippen LogP contribution in [0.2, 0.25) is 0 Å². The number of hydrogen-bond donors (Lipinski definition) is 1. The number of ether oxygens (including phenoxy) is 1. The van der Waals surface area contributed by atoms with Crippen LogP contribution in [0.1, 0.15) is 46.0 Å². The summed E-state index contributed by atoms with van der Waals surface area (Å²) in [6.45, 7) is 3.18. The summed E-state index contributed by atoms with van der Waals surface area (Å²) in [6.07, 6.45) is 4.32. The van der Waals surface area contributed by atoms with Crippen molar-refractivity contribution in [3.63, 3.8) is 0 Å². The lowest BCUT2D eigenvalue weighted by Gasteiger charge is -2.41. The first kappa shape index (κ1) is 20.4. The summed E-state index contributed by atoms with van der Waals surface area (Å²) in [7, 11) is 0. The molecule has 0 unspecified atom stereocenters. The summed E-state index contributed by atoms with van der Waals surface area (Å²) in [5.41, 5.74) is -0.0258. The molecule has 3 amide bonds. The van der Waals surface area contributed by atoms with Gasteiger partial charge in [0.05, 0.1) is 17.3 Å². The van der Waals surface area contributed by atoms with Gasteiger partial charge in [-0.2, -0.15) is 0 Å². The summed E-state index contributed by atoms with van der Waals surface area (Å²) in [5.74, 6) is -1.89. The van der Waals surface area contributed by atoms with Crippen LogP contribution in [0.4, 0.5) is 11.4 Å². The Labute approximate surface area is 175 Å². The predicted molar refractivity (Wildman–Crippen MR) is 110 cm³/mol. The molecule has 1 aromatic carbocycles. The van der Waals surface area contributed by atoms with Crippen molar-refractivity contribution in [2.75, 3.05) is 23.4 Å². The summed E-state index contributed by atoms with van der Waals surface area (Å²) >= 11 is 0. The molecule has 2 fully saturated rings. The van der Waals surface area contributed by atoms with Gasteiger partial charge in [-0.3, -0.25) is 24.1 Å². The fourth-order valence-electron chi connectivity index (χ4n) is 4.67. The number of nitrogens with one attached hydrogen (secondary N) is 1. The number of likely N-dealkylation sites (tertiary alicyclic amines) is 1. The molecule has 1 aromatic rings. The van der Waals surface area contributed by atoms with Gasteiger partial charge in [-0.1, -0.05) is 25.0 Å². The maximum atomic E-state index is 13.0. The number of nitrogens with zero attached hydrogens (tertiary/aromatic N) is 2. The molecule has 4 rings (SSSR count). The Hall–Kier alpha value is -2.90. The highest BCUT2D eigenvalue weighted by molar-refractivity contribution is 6.14. The van der Waals surface area contributed by atoms with E-state index < -0.39 is 29.9 Å². The number of carbonyl (C=O) groups excluding carboxylic acids is 4. The molecule has 0 radical (unpaired) electrons. The molecular formula is C22H27N3O5. The largest absolute Gasteiger partial charge is 0.455 e. The number of para-hydroxylation sites is 2. The highest BCUT2D eigenvalue weighted by Gasteiger charge is 2.44. The van der Waals surface area contributed by atoms with Gasteiger partial charge in [0.2, 0.25) is 11.8 Å². The van der Waals surface area contributed by atoms with Gasteiger partial charge in [0.1, 0.15) is 5.54 Å². The molecule has 1 aliphatic carbocycles. The first-order chi connectivity index (χ1) is 14.3. The maximum absolute atomic E-state index is 13.0. The van der Waals surface area contributed by atoms with Crippen LogP contribution in [0.25, 0.3) is 0 Å². The van der Waals surface area contributed by atoms with Crippen molar-refractivity contribution in [2.24, 2.45) is 5.92 Å². The van der Waals surface area contributed by atoms with E-state index in [1.807, 2.05) is 0 Å². The van der Waals surface area contributed by atoms with Crippen LogP contribution in [0.15, 0.2) is 24.3 Å². The van der Waals surface area contributed by atoms with Gasteiger partial charge in [0, 0.05) is 19.0 Å². The van der Waals surface area contributed by atoms with Crippen molar-refractivity contribution in [3.05, 3.63) is 24.3 Å². The van der Waals surface area contributed by atoms with Crippen LogP contribution in [0.5, 0.6) is 0 Å². The molecule has 2 aliphatic heterocycles. The van der Waals surface area contributed by atoms with Gasteiger partial charge in [-0.15, -0.1) is 0 Å². The van der Waals surface area contributed by atoms with Gasteiger partial charge in [0.15, 0.2) is 6.61 Å². The van der Waals surface area contributed by atoms with E-state index >= 15 is 0 Å². The number of fused-ring (bicyclic) bond motifs is 1. The minimum Gasteiger partial charge on any atom is -0.455 e. The zero-order chi connectivity index (χ0) is 21.5. The number of amides is 3. The van der Waals surface area contributed by atoms with Crippen molar-refractivity contribution in [2.45, 2.75) is 57.5 Å². The standard InChI is InChI=1S/C22H27N3O5/c1-22(2)21(29)23-16-9-5-6-10-17(16)25(22)19(27)13-30-20(28)14-11-18(26)24(12-14)15-7-3-4-8-15/h5-6,9-10,14-15H,3-4,7-8,11-13H2,1-2H3,(H,23,29)/t14-/m1/s1. The van der Waals surface area contributed by atoms with E-state index in [1.165, 1.54) is 4.90 Å². The first-order valence-electron chi connectivity index (χ1n) is 10.5. The van der Waals surface area contributed by atoms with Crippen LogP contribution in [-0.2, 0) is 23.9 Å². The van der Waals surface area contributed by atoms with E-state index in [0.717, 1.165) is 25.7 Å². The second-order valence-electron chi connectivity index (χ2n) is 8.75. The molecule has 160 valence electrons. The quantitative estimate of drug-likeness (QED) is 0.763. The normalized spacial score (nSPS) is 23.3. The van der Waals surface area contributed by atoms with Crippen molar-refractivity contribution in [1.29, 1.82) is 0 Å². The van der Waals surface area contributed by atoms with Gasteiger partial charge in [-0.05, 0) is 38.8 Å². The SMILES string of the molecule is CC1(C)C(=O)Nc2ccccc2N1C(=O)COC(=O)[C@@H]1CC(=O)N(C2CCCC2)C1. The monoisotopic (exact) mass is 413 g/mol. The van der Waals surface area contributed by atoms with Crippen molar-refractivity contribution in [1.82, 2.24) is 4.90 Å². The van der Waals surface area contributed by atoms with E-state index in [-0.39, 0.29) is 24.3 Å². The average molecular weight is 413 g/mol. The Morgan fingerprint density at radius 3 is 2.60 bits per heavy atom. The third-order valence-corrected chi connectivity index (χ3v) is 6.35. The van der Waals surface area contributed by atoms with Gasteiger partial charge in [-0.25, -0.2) is 0 Å². The molecule has 8 nitrogen and oxygen atoms in total. The van der Waals surface area contributed by atoms with Gasteiger partial charge < -0.3 is 15.0 Å². The highest BCUT2D eigenvalue weighted by atomic mass is 16.5. The Kier molecular flexibility index (Phi) is 5.26. The van der Waals surface area contributed by atoms with E-state index in [9.17, 15) is 19.2 Å². The van der Waals surface area contributed by atoms with E-state index in [0.29, 0.717) is 17.9 Å². The Balaban J connectivity index is 1.41. The van der Waals surface area contributed by atoms with E-state index in [4.69, 9.17) is 4.74 Å². The number of anilines is 2. The molecular weight excluding hydrogens is 386 g/mol. The lowest BCUT2D eigenvalue weighted by molar-refractivity contribution is -0.152. The number of rotatable bonds is 4. The second kappa shape index (κ2) is 7.74. The van der Waals surface area contributed by atoms with Gasteiger partial charge in [0.25, 0.3) is 5.91 Å². The number of benzene rings is 1. The van der Waals surface area contributed by atoms with Crippen molar-refractivity contribution >= 4 is 35.1 Å². The molecule has 1 N–H and O–H groups in total. The van der Waals surface area contributed by atoms with Crippen LogP contribution < -0.4 is 10.2 Å². The van der Waals surface area contributed by atoms with Crippen LogP contribution in [0.3, 0.4) is 0 Å². The Bertz CT molecular complexity index is 891. The molecule has 3 aliphatic rings. The molecule has 0 aromatic heterocycles. The summed E-state index contributed by atoms with van der Waals surface area (Å²) < 4.78 is 5.30. The summed E-state index contributed by atoms with van der Waals surface area (Å²) in [5, 5.41) is 2.80. The topological polar surface area (TPSA) is 96.0 Å².